The zero-order valence-corrected chi connectivity index (χ0v) is 10.9. The predicted molar refractivity (Wildman–Crippen MR) is 64.4 cm³/mol. The van der Waals surface area contributed by atoms with Gasteiger partial charge in [-0.1, -0.05) is 13.3 Å². The van der Waals surface area contributed by atoms with Gasteiger partial charge in [-0.15, -0.1) is 22.9 Å². The summed E-state index contributed by atoms with van der Waals surface area (Å²) in [6, 6.07) is 0. The maximum atomic E-state index is 6.12. The summed E-state index contributed by atoms with van der Waals surface area (Å²) in [7, 11) is 0. The Kier molecular flexibility index (Phi) is 4.39. The van der Waals surface area contributed by atoms with Gasteiger partial charge in [0, 0.05) is 16.7 Å². The number of halogens is 1. The average Bonchev–Trinajstić information content (AvgIpc) is 2.41. The minimum absolute atomic E-state index is 0.240. The van der Waals surface area contributed by atoms with E-state index < -0.39 is 0 Å². The highest BCUT2D eigenvalue weighted by Crippen LogP contribution is 2.24. The Morgan fingerprint density at radius 3 is 2.43 bits per heavy atom. The van der Waals surface area contributed by atoms with E-state index in [1.165, 1.54) is 15.6 Å². The fraction of sp³-hybridized carbons (Fsp3) is 0.727. The fourth-order valence-electron chi connectivity index (χ4n) is 1.48. The monoisotopic (exact) mass is 231 g/mol. The Hall–Kier alpha value is -0.0800. The van der Waals surface area contributed by atoms with Gasteiger partial charge in [-0.25, -0.2) is 4.98 Å². The second-order valence-electron chi connectivity index (χ2n) is 3.80. The smallest absolute Gasteiger partial charge is 0.0934 e. The Bertz CT molecular complexity index is 274. The van der Waals surface area contributed by atoms with Crippen molar-refractivity contribution in [3.05, 3.63) is 15.6 Å². The van der Waals surface area contributed by atoms with Crippen LogP contribution in [0, 0.1) is 19.8 Å². The molecule has 1 aromatic heterocycles. The van der Waals surface area contributed by atoms with Crippen LogP contribution in [0.3, 0.4) is 0 Å². The summed E-state index contributed by atoms with van der Waals surface area (Å²) in [5.41, 5.74) is 1.17. The summed E-state index contributed by atoms with van der Waals surface area (Å²) in [5, 5.41) is 1.48. The van der Waals surface area contributed by atoms with Crippen molar-refractivity contribution in [1.82, 2.24) is 4.98 Å². The van der Waals surface area contributed by atoms with Gasteiger partial charge in [0.15, 0.2) is 0 Å². The van der Waals surface area contributed by atoms with Gasteiger partial charge in [0.05, 0.1) is 10.7 Å². The highest BCUT2D eigenvalue weighted by molar-refractivity contribution is 7.11. The van der Waals surface area contributed by atoms with E-state index in [1.54, 1.807) is 11.3 Å². The van der Waals surface area contributed by atoms with E-state index in [0.29, 0.717) is 5.92 Å². The van der Waals surface area contributed by atoms with Crippen molar-refractivity contribution in [2.45, 2.75) is 45.9 Å². The van der Waals surface area contributed by atoms with E-state index in [9.17, 15) is 0 Å². The molecule has 0 radical (unpaired) electrons. The summed E-state index contributed by atoms with van der Waals surface area (Å²) in [6.45, 7) is 8.46. The molecule has 1 rings (SSSR count). The van der Waals surface area contributed by atoms with Gasteiger partial charge >= 0.3 is 0 Å². The van der Waals surface area contributed by atoms with E-state index in [4.69, 9.17) is 11.6 Å². The summed E-state index contributed by atoms with van der Waals surface area (Å²) in [5.74, 6) is 0.557. The van der Waals surface area contributed by atoms with Crippen LogP contribution in [-0.4, -0.2) is 10.4 Å². The molecule has 2 atom stereocenters. The lowest BCUT2D eigenvalue weighted by atomic mass is 10.00. The molecule has 14 heavy (non-hydrogen) atoms. The minimum atomic E-state index is 0.240. The Balaban J connectivity index is 2.67. The van der Waals surface area contributed by atoms with E-state index in [-0.39, 0.29) is 5.38 Å². The molecule has 80 valence electrons. The van der Waals surface area contributed by atoms with Crippen LogP contribution in [-0.2, 0) is 6.42 Å². The van der Waals surface area contributed by atoms with Crippen molar-refractivity contribution in [2.24, 2.45) is 5.92 Å². The van der Waals surface area contributed by atoms with Crippen LogP contribution in [0.15, 0.2) is 0 Å². The fourth-order valence-corrected chi connectivity index (χ4v) is 2.78. The highest BCUT2D eigenvalue weighted by Gasteiger charge is 2.15. The van der Waals surface area contributed by atoms with E-state index in [2.05, 4.69) is 32.7 Å². The molecule has 0 aromatic carbocycles. The Morgan fingerprint density at radius 2 is 2.07 bits per heavy atom. The molecule has 0 spiro atoms. The van der Waals surface area contributed by atoms with Gasteiger partial charge in [-0.3, -0.25) is 0 Å². The van der Waals surface area contributed by atoms with Crippen LogP contribution in [0.2, 0.25) is 0 Å². The number of aryl methyl sites for hydroxylation is 2. The minimum Gasteiger partial charge on any atom is -0.246 e. The van der Waals surface area contributed by atoms with Crippen LogP contribution in [0.4, 0.5) is 0 Å². The second kappa shape index (κ2) is 5.13. The highest BCUT2D eigenvalue weighted by atomic mass is 35.5. The van der Waals surface area contributed by atoms with Crippen molar-refractivity contribution in [3.8, 4) is 0 Å². The van der Waals surface area contributed by atoms with Gasteiger partial charge in [-0.05, 0) is 26.7 Å². The molecular weight excluding hydrogens is 214 g/mol. The van der Waals surface area contributed by atoms with Gasteiger partial charge in [0.1, 0.15) is 0 Å². The first-order chi connectivity index (χ1) is 6.54. The van der Waals surface area contributed by atoms with Gasteiger partial charge < -0.3 is 0 Å². The first-order valence-corrected chi connectivity index (χ1v) is 6.36. The second-order valence-corrected chi connectivity index (χ2v) is 5.78. The lowest BCUT2D eigenvalue weighted by Gasteiger charge is -2.15. The quantitative estimate of drug-likeness (QED) is 0.715. The molecular formula is C11H18ClNS. The maximum absolute atomic E-state index is 6.12. The Morgan fingerprint density at radius 1 is 1.43 bits per heavy atom. The van der Waals surface area contributed by atoms with E-state index in [0.717, 1.165) is 12.8 Å². The van der Waals surface area contributed by atoms with Crippen molar-refractivity contribution in [3.63, 3.8) is 0 Å². The first kappa shape index (κ1) is 12.0. The topological polar surface area (TPSA) is 12.9 Å². The number of alkyl halides is 1. The van der Waals surface area contributed by atoms with Crippen molar-refractivity contribution >= 4 is 22.9 Å². The molecule has 2 unspecified atom stereocenters. The molecule has 0 amide bonds. The van der Waals surface area contributed by atoms with Crippen molar-refractivity contribution in [1.29, 1.82) is 0 Å². The lowest BCUT2D eigenvalue weighted by molar-refractivity contribution is 0.496. The van der Waals surface area contributed by atoms with Crippen LogP contribution in [0.5, 0.6) is 0 Å². The molecule has 0 aliphatic carbocycles. The average molecular weight is 232 g/mol. The standard InChI is InChI=1S/C11H18ClNS/c1-5-10(7(2)12)6-11-13-8(3)9(4)14-11/h7,10H,5-6H2,1-4H3. The van der Waals surface area contributed by atoms with E-state index >= 15 is 0 Å². The number of hydrogen-bond acceptors (Lipinski definition) is 2. The molecule has 0 aliphatic rings. The normalized spacial score (nSPS) is 15.5. The van der Waals surface area contributed by atoms with Crippen LogP contribution < -0.4 is 0 Å². The molecule has 0 fully saturated rings. The first-order valence-electron chi connectivity index (χ1n) is 5.11. The number of rotatable bonds is 4. The van der Waals surface area contributed by atoms with Gasteiger partial charge in [-0.2, -0.15) is 0 Å². The summed E-state index contributed by atoms with van der Waals surface area (Å²) >= 11 is 7.92. The van der Waals surface area contributed by atoms with Crippen LogP contribution >= 0.6 is 22.9 Å². The zero-order valence-electron chi connectivity index (χ0n) is 9.30. The summed E-state index contributed by atoms with van der Waals surface area (Å²) < 4.78 is 0. The number of hydrogen-bond donors (Lipinski definition) is 0. The van der Waals surface area contributed by atoms with Gasteiger partial charge in [0.25, 0.3) is 0 Å². The molecule has 0 bridgehead atoms. The number of aromatic nitrogens is 1. The Labute approximate surface area is 95.5 Å². The summed E-state index contributed by atoms with van der Waals surface area (Å²) in [4.78, 5) is 5.87. The SMILES string of the molecule is CCC(Cc1nc(C)c(C)s1)C(C)Cl. The molecule has 3 heteroatoms. The van der Waals surface area contributed by atoms with Crippen LogP contribution in [0.1, 0.15) is 35.8 Å². The van der Waals surface area contributed by atoms with Gasteiger partial charge in [0.2, 0.25) is 0 Å². The third kappa shape index (κ3) is 2.96. The van der Waals surface area contributed by atoms with E-state index in [1.807, 2.05) is 0 Å². The van der Waals surface area contributed by atoms with Crippen molar-refractivity contribution < 1.29 is 0 Å². The maximum Gasteiger partial charge on any atom is 0.0934 e. The molecule has 0 saturated heterocycles. The largest absolute Gasteiger partial charge is 0.246 e. The number of nitrogens with zero attached hydrogens (tertiary/aromatic N) is 1. The molecule has 0 aliphatic heterocycles. The third-order valence-corrected chi connectivity index (χ3v) is 4.14. The molecule has 0 N–H and O–H groups in total. The molecule has 1 nitrogen and oxygen atoms in total. The lowest BCUT2D eigenvalue weighted by Crippen LogP contribution is -2.13. The number of thiazole rings is 1. The zero-order chi connectivity index (χ0) is 10.7. The molecule has 1 heterocycles. The predicted octanol–water partition coefficient (Wildman–Crippen LogP) is 3.96. The third-order valence-electron chi connectivity index (χ3n) is 2.68. The van der Waals surface area contributed by atoms with Crippen molar-refractivity contribution in [2.75, 3.05) is 0 Å². The molecule has 0 saturated carbocycles. The van der Waals surface area contributed by atoms with Crippen LogP contribution in [0.25, 0.3) is 0 Å². The summed E-state index contributed by atoms with van der Waals surface area (Å²) in [6.07, 6.45) is 2.16. The molecule has 1 aromatic rings.